The van der Waals surface area contributed by atoms with E-state index in [1.54, 1.807) is 7.11 Å². The van der Waals surface area contributed by atoms with Crippen molar-refractivity contribution in [1.29, 1.82) is 0 Å². The number of methoxy groups -OCH3 is 1. The van der Waals surface area contributed by atoms with Gasteiger partial charge in [-0.25, -0.2) is 4.98 Å². The molecule has 0 saturated carbocycles. The monoisotopic (exact) mass is 385 g/mol. The second kappa shape index (κ2) is 6.55. The topological polar surface area (TPSA) is 39.9 Å². The maximum absolute atomic E-state index is 6.46. The second-order valence-corrected chi connectivity index (χ2v) is 7.05. The first kappa shape index (κ1) is 16.2. The quantitative estimate of drug-likeness (QED) is 0.343. The first-order valence-corrected chi connectivity index (χ1v) is 9.03. The van der Waals surface area contributed by atoms with E-state index in [0.29, 0.717) is 20.7 Å². The van der Waals surface area contributed by atoms with Gasteiger partial charge in [0, 0.05) is 5.39 Å². The van der Waals surface area contributed by atoms with Crippen LogP contribution in [0.4, 0.5) is 0 Å². The zero-order valence-electron chi connectivity index (χ0n) is 13.1. The molecule has 0 unspecified atom stereocenters. The molecule has 0 amide bonds. The van der Waals surface area contributed by atoms with Crippen LogP contribution in [0.15, 0.2) is 54.6 Å². The maximum Gasteiger partial charge on any atom is 0.185 e. The van der Waals surface area contributed by atoms with Gasteiger partial charge in [-0.15, -0.1) is 0 Å². The van der Waals surface area contributed by atoms with Crippen molar-refractivity contribution in [2.24, 2.45) is 0 Å². The number of hydrogen-bond donors (Lipinski definition) is 0. The number of benzene rings is 2. The van der Waals surface area contributed by atoms with E-state index in [4.69, 9.17) is 28.6 Å². The summed E-state index contributed by atoms with van der Waals surface area (Å²) in [6.07, 6.45) is 0. The number of para-hydroxylation sites is 3. The van der Waals surface area contributed by atoms with Crippen molar-refractivity contribution >= 4 is 46.3 Å². The van der Waals surface area contributed by atoms with E-state index in [0.717, 1.165) is 22.2 Å². The molecule has 4 aromatic rings. The molecule has 0 bridgehead atoms. The van der Waals surface area contributed by atoms with Gasteiger partial charge in [-0.3, -0.25) is 4.57 Å². The Morgan fingerprint density at radius 3 is 2.72 bits per heavy atom. The molecule has 0 saturated heterocycles. The SMILES string of the molecule is COc1ccccc1-n1c(-c2cc3ccccc3nc2Cl)nsc1=S. The summed E-state index contributed by atoms with van der Waals surface area (Å²) in [5.74, 6) is 1.37. The van der Waals surface area contributed by atoms with Gasteiger partial charge in [0.15, 0.2) is 9.78 Å². The Kier molecular flexibility index (Phi) is 4.25. The summed E-state index contributed by atoms with van der Waals surface area (Å²) < 4.78 is 12.5. The third-order valence-electron chi connectivity index (χ3n) is 3.85. The number of fused-ring (bicyclic) bond motifs is 1. The molecule has 25 heavy (non-hydrogen) atoms. The van der Waals surface area contributed by atoms with E-state index in [9.17, 15) is 0 Å². The molecule has 0 aliphatic rings. The lowest BCUT2D eigenvalue weighted by Gasteiger charge is -2.12. The van der Waals surface area contributed by atoms with Crippen LogP contribution in [-0.4, -0.2) is 21.0 Å². The molecule has 4 rings (SSSR count). The van der Waals surface area contributed by atoms with E-state index >= 15 is 0 Å². The molecular formula is C18H12ClN3OS2. The van der Waals surface area contributed by atoms with Gasteiger partial charge < -0.3 is 4.74 Å². The van der Waals surface area contributed by atoms with E-state index in [1.807, 2.05) is 59.2 Å². The highest BCUT2D eigenvalue weighted by molar-refractivity contribution is 7.73. The van der Waals surface area contributed by atoms with Crippen molar-refractivity contribution in [3.8, 4) is 22.8 Å². The van der Waals surface area contributed by atoms with Crippen molar-refractivity contribution in [2.45, 2.75) is 0 Å². The maximum atomic E-state index is 6.46. The summed E-state index contributed by atoms with van der Waals surface area (Å²) >= 11 is 13.2. The lowest BCUT2D eigenvalue weighted by Crippen LogP contribution is -2.01. The third kappa shape index (κ3) is 2.82. The number of halogens is 1. The Morgan fingerprint density at radius 1 is 1.12 bits per heavy atom. The van der Waals surface area contributed by atoms with E-state index in [-0.39, 0.29) is 0 Å². The van der Waals surface area contributed by atoms with E-state index in [1.165, 1.54) is 11.5 Å². The zero-order valence-corrected chi connectivity index (χ0v) is 15.5. The predicted molar refractivity (Wildman–Crippen MR) is 105 cm³/mol. The van der Waals surface area contributed by atoms with Crippen molar-refractivity contribution in [2.75, 3.05) is 7.11 Å². The van der Waals surface area contributed by atoms with Crippen LogP contribution in [0.1, 0.15) is 0 Å². The lowest BCUT2D eigenvalue weighted by molar-refractivity contribution is 0.413. The summed E-state index contributed by atoms with van der Waals surface area (Å²) in [5.41, 5.74) is 2.40. The molecule has 124 valence electrons. The fraction of sp³-hybridized carbons (Fsp3) is 0.0556. The fourth-order valence-corrected chi connectivity index (χ4v) is 3.83. The number of ether oxygens (including phenoxy) is 1. The molecule has 0 radical (unpaired) electrons. The summed E-state index contributed by atoms with van der Waals surface area (Å²) in [7, 11) is 1.63. The Balaban J connectivity index is 2.00. The normalized spacial score (nSPS) is 11.0. The van der Waals surface area contributed by atoms with Gasteiger partial charge in [0.05, 0.1) is 23.9 Å². The molecule has 0 fully saturated rings. The molecule has 0 spiro atoms. The Morgan fingerprint density at radius 2 is 1.88 bits per heavy atom. The van der Waals surface area contributed by atoms with Gasteiger partial charge in [0.2, 0.25) is 0 Å². The molecule has 0 atom stereocenters. The van der Waals surface area contributed by atoms with E-state index < -0.39 is 0 Å². The van der Waals surface area contributed by atoms with Crippen LogP contribution in [0.3, 0.4) is 0 Å². The first-order valence-electron chi connectivity index (χ1n) is 7.47. The molecule has 0 N–H and O–H groups in total. The molecular weight excluding hydrogens is 374 g/mol. The predicted octanol–water partition coefficient (Wildman–Crippen LogP) is 5.54. The van der Waals surface area contributed by atoms with Crippen LogP contribution >= 0.6 is 35.4 Å². The van der Waals surface area contributed by atoms with Gasteiger partial charge in [0.1, 0.15) is 10.9 Å². The van der Waals surface area contributed by atoms with E-state index in [2.05, 4.69) is 9.36 Å². The minimum Gasteiger partial charge on any atom is -0.495 e. The van der Waals surface area contributed by atoms with Crippen LogP contribution in [-0.2, 0) is 0 Å². The van der Waals surface area contributed by atoms with Gasteiger partial charge in [-0.1, -0.05) is 41.9 Å². The van der Waals surface area contributed by atoms with Crippen molar-refractivity contribution in [1.82, 2.24) is 13.9 Å². The average Bonchev–Trinajstić information content (AvgIpc) is 3.02. The summed E-state index contributed by atoms with van der Waals surface area (Å²) in [5, 5.41) is 1.38. The minimum absolute atomic E-state index is 0.391. The largest absolute Gasteiger partial charge is 0.495 e. The smallest absolute Gasteiger partial charge is 0.185 e. The van der Waals surface area contributed by atoms with Crippen LogP contribution in [0.25, 0.3) is 28.0 Å². The number of pyridine rings is 1. The first-order chi connectivity index (χ1) is 12.2. The summed E-state index contributed by atoms with van der Waals surface area (Å²) in [6, 6.07) is 17.5. The summed E-state index contributed by atoms with van der Waals surface area (Å²) in [6.45, 7) is 0. The van der Waals surface area contributed by atoms with Crippen LogP contribution < -0.4 is 4.74 Å². The second-order valence-electron chi connectivity index (χ2n) is 5.30. The molecule has 2 heterocycles. The Bertz CT molecular complexity index is 1140. The van der Waals surface area contributed by atoms with Crippen LogP contribution in [0.2, 0.25) is 5.15 Å². The number of nitrogens with zero attached hydrogens (tertiary/aromatic N) is 3. The average molecular weight is 386 g/mol. The Labute approximate surface area is 158 Å². The molecule has 7 heteroatoms. The fourth-order valence-electron chi connectivity index (χ4n) is 2.70. The Hall–Kier alpha value is -2.28. The zero-order chi connectivity index (χ0) is 17.4. The van der Waals surface area contributed by atoms with Crippen LogP contribution in [0, 0.1) is 3.95 Å². The van der Waals surface area contributed by atoms with Crippen molar-refractivity contribution < 1.29 is 4.74 Å². The molecule has 0 aliphatic heterocycles. The number of rotatable bonds is 3. The molecule has 2 aromatic carbocycles. The number of aromatic nitrogens is 3. The molecule has 0 aliphatic carbocycles. The highest BCUT2D eigenvalue weighted by Gasteiger charge is 2.18. The number of hydrogen-bond acceptors (Lipinski definition) is 5. The van der Waals surface area contributed by atoms with Crippen molar-refractivity contribution in [3.63, 3.8) is 0 Å². The van der Waals surface area contributed by atoms with Gasteiger partial charge in [-0.05, 0) is 48.0 Å². The molecule has 2 aromatic heterocycles. The minimum atomic E-state index is 0.391. The molecule has 4 nitrogen and oxygen atoms in total. The van der Waals surface area contributed by atoms with Crippen molar-refractivity contribution in [3.05, 3.63) is 63.7 Å². The highest BCUT2D eigenvalue weighted by Crippen LogP contribution is 2.34. The standard InChI is InChI=1S/C18H12ClN3OS2/c1-23-15-9-5-4-8-14(15)22-17(21-25-18(22)24)12-10-11-6-2-3-7-13(11)20-16(12)19/h2-10H,1H3. The van der Waals surface area contributed by atoms with Gasteiger partial charge in [-0.2, -0.15) is 4.37 Å². The van der Waals surface area contributed by atoms with Gasteiger partial charge in [0.25, 0.3) is 0 Å². The lowest BCUT2D eigenvalue weighted by atomic mass is 10.1. The highest BCUT2D eigenvalue weighted by atomic mass is 35.5. The summed E-state index contributed by atoms with van der Waals surface area (Å²) in [4.78, 5) is 4.49. The van der Waals surface area contributed by atoms with Crippen LogP contribution in [0.5, 0.6) is 5.75 Å². The van der Waals surface area contributed by atoms with Gasteiger partial charge >= 0.3 is 0 Å². The third-order valence-corrected chi connectivity index (χ3v) is 5.15.